The summed E-state index contributed by atoms with van der Waals surface area (Å²) >= 11 is 0. The highest BCUT2D eigenvalue weighted by molar-refractivity contribution is 5.98. The number of aliphatic carboxylic acids is 1. The van der Waals surface area contributed by atoms with Crippen LogP contribution in [0, 0.1) is 10.1 Å². The molecule has 0 spiro atoms. The molecule has 10 heteroatoms. The van der Waals surface area contributed by atoms with E-state index in [-0.39, 0.29) is 28.5 Å². The van der Waals surface area contributed by atoms with Crippen molar-refractivity contribution in [2.24, 2.45) is 4.99 Å². The maximum atomic E-state index is 11.6. The molecule has 2 N–H and O–H groups in total. The van der Waals surface area contributed by atoms with E-state index in [2.05, 4.69) is 4.99 Å². The van der Waals surface area contributed by atoms with Gasteiger partial charge in [0.05, 0.1) is 23.3 Å². The normalized spacial score (nSPS) is 17.3. The summed E-state index contributed by atoms with van der Waals surface area (Å²) in [7, 11) is 1.19. The number of benzene rings is 1. The first-order chi connectivity index (χ1) is 11.3. The number of rotatable bonds is 3. The molecule has 0 fully saturated rings. The monoisotopic (exact) mass is 335 g/mol. The third kappa shape index (κ3) is 2.89. The van der Waals surface area contributed by atoms with E-state index >= 15 is 0 Å². The van der Waals surface area contributed by atoms with Crippen molar-refractivity contribution >= 4 is 23.8 Å². The molecular weight excluding hydrogens is 322 g/mol. The lowest BCUT2D eigenvalue weighted by atomic mass is 9.94. The average Bonchev–Trinajstić information content (AvgIpc) is 2.52. The van der Waals surface area contributed by atoms with Crippen molar-refractivity contribution in [1.29, 1.82) is 0 Å². The summed E-state index contributed by atoms with van der Waals surface area (Å²) in [6.07, 6.45) is -1.50. The number of hydrogen-bond acceptors (Lipinski definition) is 6. The lowest BCUT2D eigenvalue weighted by molar-refractivity contribution is -0.384. The van der Waals surface area contributed by atoms with Gasteiger partial charge in [-0.15, -0.1) is 0 Å². The van der Waals surface area contributed by atoms with Gasteiger partial charge < -0.3 is 14.9 Å². The fourth-order valence-electron chi connectivity index (χ4n) is 2.43. The number of aliphatic imine (C=N–C) groups is 1. The Hall–Kier alpha value is -3.43. The van der Waals surface area contributed by atoms with Gasteiger partial charge in [0, 0.05) is 12.1 Å². The number of amidine groups is 1. The highest BCUT2D eigenvalue weighted by atomic mass is 16.6. The zero-order valence-electron chi connectivity index (χ0n) is 12.7. The first kappa shape index (κ1) is 16.9. The molecule has 1 aliphatic heterocycles. The van der Waals surface area contributed by atoms with Crippen LogP contribution >= 0.6 is 0 Å². The van der Waals surface area contributed by atoms with E-state index < -0.39 is 23.0 Å². The Morgan fingerprint density at radius 1 is 1.38 bits per heavy atom. The van der Waals surface area contributed by atoms with Crippen LogP contribution in [0.4, 0.5) is 10.5 Å². The Bertz CT molecular complexity index is 784. The SMILES string of the molecule is COC1=NC(C)=C(C(=O)O)C(c2cccc([N+](=O)[O-])c2)N1C(=O)O. The van der Waals surface area contributed by atoms with E-state index in [0.717, 1.165) is 6.07 Å². The Labute approximate surface area is 135 Å². The van der Waals surface area contributed by atoms with Crippen LogP contribution in [0.5, 0.6) is 0 Å². The van der Waals surface area contributed by atoms with Gasteiger partial charge in [0.1, 0.15) is 6.04 Å². The second-order valence-corrected chi connectivity index (χ2v) is 4.81. The lowest BCUT2D eigenvalue weighted by Crippen LogP contribution is -2.44. The van der Waals surface area contributed by atoms with E-state index in [1.54, 1.807) is 0 Å². The molecule has 1 aromatic carbocycles. The highest BCUT2D eigenvalue weighted by Gasteiger charge is 2.40. The molecule has 1 atom stereocenters. The number of non-ortho nitro benzene ring substituents is 1. The summed E-state index contributed by atoms with van der Waals surface area (Å²) in [4.78, 5) is 38.0. The first-order valence-corrected chi connectivity index (χ1v) is 6.61. The van der Waals surface area contributed by atoms with Crippen LogP contribution in [0.25, 0.3) is 0 Å². The van der Waals surface area contributed by atoms with E-state index in [1.165, 1.54) is 32.2 Å². The number of ether oxygens (including phenoxy) is 1. The van der Waals surface area contributed by atoms with E-state index in [0.29, 0.717) is 4.90 Å². The number of carboxylic acids is 1. The molecule has 0 aromatic heterocycles. The molecule has 126 valence electrons. The average molecular weight is 335 g/mol. The third-order valence-corrected chi connectivity index (χ3v) is 3.41. The summed E-state index contributed by atoms with van der Waals surface area (Å²) in [6.45, 7) is 1.39. The van der Waals surface area contributed by atoms with Crippen LogP contribution in [0.2, 0.25) is 0 Å². The van der Waals surface area contributed by atoms with E-state index in [1.807, 2.05) is 0 Å². The number of methoxy groups -OCH3 is 1. The number of nitrogens with zero attached hydrogens (tertiary/aromatic N) is 3. The molecule has 0 saturated carbocycles. The Balaban J connectivity index is 2.71. The van der Waals surface area contributed by atoms with Crippen LogP contribution in [0.1, 0.15) is 18.5 Å². The molecule has 1 amide bonds. The molecule has 10 nitrogen and oxygen atoms in total. The van der Waals surface area contributed by atoms with Crippen LogP contribution in [-0.2, 0) is 9.53 Å². The highest BCUT2D eigenvalue weighted by Crippen LogP contribution is 2.36. The summed E-state index contributed by atoms with van der Waals surface area (Å²) < 4.78 is 4.93. The minimum absolute atomic E-state index is 0.0494. The molecule has 0 bridgehead atoms. The number of carbonyl (C=O) groups is 2. The standard InChI is InChI=1S/C14H13N3O7/c1-7-10(12(18)19)11(16(14(20)21)13(15-7)24-2)8-4-3-5-9(6-8)17(22)23/h3-6,11H,1-2H3,(H,18,19)(H,20,21). The van der Waals surface area contributed by atoms with Crippen molar-refractivity contribution in [3.05, 3.63) is 51.2 Å². The molecule has 0 aliphatic carbocycles. The minimum Gasteiger partial charge on any atom is -0.478 e. The van der Waals surface area contributed by atoms with Crippen LogP contribution < -0.4 is 0 Å². The number of hydrogen-bond donors (Lipinski definition) is 2. The lowest BCUT2D eigenvalue weighted by Gasteiger charge is -2.33. The molecule has 0 radical (unpaired) electrons. The third-order valence-electron chi connectivity index (χ3n) is 3.41. The topological polar surface area (TPSA) is 143 Å². The van der Waals surface area contributed by atoms with Gasteiger partial charge in [0.25, 0.3) is 5.69 Å². The summed E-state index contributed by atoms with van der Waals surface area (Å²) in [5.74, 6) is -1.38. The van der Waals surface area contributed by atoms with Crippen molar-refractivity contribution in [2.45, 2.75) is 13.0 Å². The zero-order chi connectivity index (χ0) is 18.0. The van der Waals surface area contributed by atoms with Gasteiger partial charge in [0.15, 0.2) is 0 Å². The molecule has 1 unspecified atom stereocenters. The summed E-state index contributed by atoms with van der Waals surface area (Å²) in [6, 6.07) is 3.45. The molecule has 0 saturated heterocycles. The molecular formula is C14H13N3O7. The molecule has 1 aliphatic rings. The molecule has 1 aromatic rings. The number of carboxylic acid groups (broad SMARTS) is 2. The molecule has 24 heavy (non-hydrogen) atoms. The van der Waals surface area contributed by atoms with E-state index in [4.69, 9.17) is 4.74 Å². The summed E-state index contributed by atoms with van der Waals surface area (Å²) in [5, 5.41) is 29.9. The number of allylic oxidation sites excluding steroid dienone is 1. The second kappa shape index (κ2) is 6.36. The Kier molecular flexibility index (Phi) is 4.49. The summed E-state index contributed by atoms with van der Waals surface area (Å²) in [5.41, 5.74) is -0.429. The smallest absolute Gasteiger partial charge is 0.416 e. The predicted octanol–water partition coefficient (Wildman–Crippen LogP) is 1.99. The van der Waals surface area contributed by atoms with Crippen molar-refractivity contribution in [1.82, 2.24) is 4.90 Å². The van der Waals surface area contributed by atoms with Gasteiger partial charge >= 0.3 is 18.1 Å². The quantitative estimate of drug-likeness (QED) is 0.635. The second-order valence-electron chi connectivity index (χ2n) is 4.81. The first-order valence-electron chi connectivity index (χ1n) is 6.61. The number of nitro benzene ring substituents is 1. The molecule has 1 heterocycles. The van der Waals surface area contributed by atoms with Crippen molar-refractivity contribution in [3.8, 4) is 0 Å². The fraction of sp³-hybridized carbons (Fsp3) is 0.214. The Morgan fingerprint density at radius 2 is 2.04 bits per heavy atom. The minimum atomic E-state index is -1.50. The van der Waals surface area contributed by atoms with Crippen molar-refractivity contribution in [2.75, 3.05) is 7.11 Å². The van der Waals surface area contributed by atoms with Crippen LogP contribution in [-0.4, -0.2) is 45.2 Å². The number of nitro groups is 1. The largest absolute Gasteiger partial charge is 0.478 e. The van der Waals surface area contributed by atoms with Crippen molar-refractivity contribution in [3.63, 3.8) is 0 Å². The maximum absolute atomic E-state index is 11.6. The Morgan fingerprint density at radius 3 is 2.54 bits per heavy atom. The number of amides is 1. The van der Waals surface area contributed by atoms with Gasteiger partial charge in [-0.1, -0.05) is 12.1 Å². The van der Waals surface area contributed by atoms with Gasteiger partial charge in [-0.05, 0) is 12.5 Å². The maximum Gasteiger partial charge on any atom is 0.416 e. The van der Waals surface area contributed by atoms with Gasteiger partial charge in [-0.3, -0.25) is 10.1 Å². The van der Waals surface area contributed by atoms with Gasteiger partial charge in [-0.2, -0.15) is 0 Å². The predicted molar refractivity (Wildman–Crippen MR) is 80.5 cm³/mol. The van der Waals surface area contributed by atoms with E-state index in [9.17, 15) is 29.9 Å². The van der Waals surface area contributed by atoms with Crippen LogP contribution in [0.3, 0.4) is 0 Å². The zero-order valence-corrected chi connectivity index (χ0v) is 12.7. The van der Waals surface area contributed by atoms with Gasteiger partial charge in [0.2, 0.25) is 0 Å². The van der Waals surface area contributed by atoms with Crippen molar-refractivity contribution < 1.29 is 29.5 Å². The van der Waals surface area contributed by atoms with Crippen LogP contribution in [0.15, 0.2) is 40.5 Å². The fourth-order valence-corrected chi connectivity index (χ4v) is 2.43. The van der Waals surface area contributed by atoms with Gasteiger partial charge in [-0.25, -0.2) is 19.5 Å². The molecule has 2 rings (SSSR count).